The van der Waals surface area contributed by atoms with Crippen LogP contribution in [0.4, 0.5) is 0 Å². The molecule has 0 spiro atoms. The summed E-state index contributed by atoms with van der Waals surface area (Å²) in [5, 5.41) is 0. The van der Waals surface area contributed by atoms with Crippen molar-refractivity contribution in [2.75, 3.05) is 0 Å². The Labute approximate surface area is 105 Å². The molecule has 0 saturated heterocycles. The van der Waals surface area contributed by atoms with E-state index < -0.39 is 0 Å². The summed E-state index contributed by atoms with van der Waals surface area (Å²) in [7, 11) is 0. The highest BCUT2D eigenvalue weighted by Gasteiger charge is 2.08. The summed E-state index contributed by atoms with van der Waals surface area (Å²) in [6, 6.07) is 0. The first-order valence-corrected chi connectivity index (χ1v) is 7.49. The Kier molecular flexibility index (Phi) is 11.3. The first-order valence-electron chi connectivity index (χ1n) is 6.69. The molecule has 1 heteroatoms. The molecule has 1 radical (unpaired) electrons. The second-order valence-corrected chi connectivity index (χ2v) is 5.85. The SMILES string of the molecule is CCCCCCCCCC[C](Br)C(C)C. The number of hydrogen-bond donors (Lipinski definition) is 0. The molecule has 0 saturated carbocycles. The van der Waals surface area contributed by atoms with Crippen molar-refractivity contribution in [3.8, 4) is 0 Å². The van der Waals surface area contributed by atoms with Crippen LogP contribution in [0.5, 0.6) is 0 Å². The zero-order chi connectivity index (χ0) is 11.5. The first-order chi connectivity index (χ1) is 7.18. The molecule has 0 aliphatic rings. The largest absolute Gasteiger partial charge is 0.0835 e. The lowest BCUT2D eigenvalue weighted by Gasteiger charge is -2.11. The van der Waals surface area contributed by atoms with E-state index in [1.807, 2.05) is 0 Å². The van der Waals surface area contributed by atoms with Crippen LogP contribution >= 0.6 is 15.9 Å². The molecule has 91 valence electrons. The summed E-state index contributed by atoms with van der Waals surface area (Å²) < 4.78 is 0. The van der Waals surface area contributed by atoms with E-state index in [-0.39, 0.29) is 0 Å². The van der Waals surface area contributed by atoms with Crippen LogP contribution in [-0.4, -0.2) is 0 Å². The Morgan fingerprint density at radius 3 is 1.80 bits per heavy atom. The van der Waals surface area contributed by atoms with Crippen LogP contribution in [-0.2, 0) is 0 Å². The Balaban J connectivity index is 3.05. The van der Waals surface area contributed by atoms with Gasteiger partial charge >= 0.3 is 0 Å². The predicted molar refractivity (Wildman–Crippen MR) is 74.2 cm³/mol. The van der Waals surface area contributed by atoms with Crippen LogP contribution in [0.25, 0.3) is 0 Å². The number of rotatable bonds is 10. The molecule has 0 amide bonds. The maximum absolute atomic E-state index is 3.66. The van der Waals surface area contributed by atoms with Gasteiger partial charge in [0, 0.05) is 4.83 Å². The van der Waals surface area contributed by atoms with Gasteiger partial charge in [0.25, 0.3) is 0 Å². The highest BCUT2D eigenvalue weighted by atomic mass is 79.9. The third kappa shape index (κ3) is 10.8. The smallest absolute Gasteiger partial charge is 0.0436 e. The zero-order valence-corrected chi connectivity index (χ0v) is 12.4. The number of hydrogen-bond acceptors (Lipinski definition) is 0. The van der Waals surface area contributed by atoms with Crippen LogP contribution in [0, 0.1) is 10.7 Å². The van der Waals surface area contributed by atoms with Gasteiger partial charge in [-0.1, -0.05) is 88.1 Å². The van der Waals surface area contributed by atoms with Gasteiger partial charge in [-0.15, -0.1) is 0 Å². The predicted octanol–water partition coefficient (Wildman–Crippen LogP) is 6.10. The summed E-state index contributed by atoms with van der Waals surface area (Å²) in [5.41, 5.74) is 0. The molecule has 0 fully saturated rings. The van der Waals surface area contributed by atoms with Crippen LogP contribution < -0.4 is 0 Å². The monoisotopic (exact) mass is 275 g/mol. The first kappa shape index (κ1) is 15.5. The minimum absolute atomic E-state index is 0.703. The molecule has 0 bridgehead atoms. The molecule has 0 aliphatic carbocycles. The summed E-state index contributed by atoms with van der Waals surface area (Å²) >= 11 is 3.66. The molecular formula is C14H28Br. The highest BCUT2D eigenvalue weighted by Crippen LogP contribution is 2.27. The fraction of sp³-hybridized carbons (Fsp3) is 0.929. The normalized spacial score (nSPS) is 11.6. The Morgan fingerprint density at radius 1 is 0.867 bits per heavy atom. The van der Waals surface area contributed by atoms with Crippen molar-refractivity contribution < 1.29 is 0 Å². The Bertz CT molecular complexity index is 121. The van der Waals surface area contributed by atoms with Crippen molar-refractivity contribution in [2.24, 2.45) is 5.92 Å². The minimum Gasteiger partial charge on any atom is -0.0835 e. The van der Waals surface area contributed by atoms with Crippen LogP contribution in [0.3, 0.4) is 0 Å². The third-order valence-electron chi connectivity index (χ3n) is 2.90. The van der Waals surface area contributed by atoms with Gasteiger partial charge in [0.05, 0.1) is 0 Å². The van der Waals surface area contributed by atoms with E-state index in [1.54, 1.807) is 0 Å². The molecule has 0 unspecified atom stereocenters. The lowest BCUT2D eigenvalue weighted by atomic mass is 10.0. The fourth-order valence-corrected chi connectivity index (χ4v) is 2.00. The van der Waals surface area contributed by atoms with Crippen molar-refractivity contribution in [3.05, 3.63) is 4.83 Å². The van der Waals surface area contributed by atoms with Gasteiger partial charge in [0.15, 0.2) is 0 Å². The van der Waals surface area contributed by atoms with Gasteiger partial charge in [-0.3, -0.25) is 0 Å². The topological polar surface area (TPSA) is 0 Å². The Hall–Kier alpha value is 0.480. The van der Waals surface area contributed by atoms with Crippen molar-refractivity contribution in [3.63, 3.8) is 0 Å². The molecule has 0 heterocycles. The lowest BCUT2D eigenvalue weighted by Crippen LogP contribution is -1.97. The minimum atomic E-state index is 0.703. The number of halogens is 1. The highest BCUT2D eigenvalue weighted by molar-refractivity contribution is 9.11. The molecule has 0 aliphatic heterocycles. The molecule has 0 aromatic heterocycles. The quantitative estimate of drug-likeness (QED) is 0.423. The summed E-state index contributed by atoms with van der Waals surface area (Å²) in [4.78, 5) is 1.49. The lowest BCUT2D eigenvalue weighted by molar-refractivity contribution is 0.560. The molecular weight excluding hydrogens is 248 g/mol. The van der Waals surface area contributed by atoms with Gasteiger partial charge in [-0.05, 0) is 12.3 Å². The van der Waals surface area contributed by atoms with E-state index in [2.05, 4.69) is 36.7 Å². The van der Waals surface area contributed by atoms with Gasteiger partial charge in [-0.25, -0.2) is 0 Å². The van der Waals surface area contributed by atoms with E-state index in [0.717, 1.165) is 0 Å². The zero-order valence-electron chi connectivity index (χ0n) is 10.8. The van der Waals surface area contributed by atoms with E-state index in [4.69, 9.17) is 0 Å². The van der Waals surface area contributed by atoms with E-state index >= 15 is 0 Å². The van der Waals surface area contributed by atoms with Crippen molar-refractivity contribution in [2.45, 2.75) is 78.6 Å². The second-order valence-electron chi connectivity index (χ2n) is 4.83. The van der Waals surface area contributed by atoms with Gasteiger partial charge in [-0.2, -0.15) is 0 Å². The maximum Gasteiger partial charge on any atom is 0.0436 e. The molecule has 0 rings (SSSR count). The van der Waals surface area contributed by atoms with Gasteiger partial charge in [0.2, 0.25) is 0 Å². The number of unbranched alkanes of at least 4 members (excludes halogenated alkanes) is 7. The van der Waals surface area contributed by atoms with E-state index in [1.165, 1.54) is 62.6 Å². The Morgan fingerprint density at radius 2 is 1.33 bits per heavy atom. The molecule has 0 aromatic rings. The van der Waals surface area contributed by atoms with Crippen LogP contribution in [0.1, 0.15) is 78.6 Å². The maximum atomic E-state index is 3.66. The van der Waals surface area contributed by atoms with Gasteiger partial charge < -0.3 is 0 Å². The molecule has 0 nitrogen and oxygen atoms in total. The van der Waals surface area contributed by atoms with Crippen molar-refractivity contribution in [1.29, 1.82) is 0 Å². The second kappa shape index (κ2) is 11.0. The van der Waals surface area contributed by atoms with Crippen LogP contribution in [0.2, 0.25) is 0 Å². The van der Waals surface area contributed by atoms with Crippen molar-refractivity contribution >= 4 is 15.9 Å². The van der Waals surface area contributed by atoms with Crippen LogP contribution in [0.15, 0.2) is 0 Å². The molecule has 0 aromatic carbocycles. The van der Waals surface area contributed by atoms with Gasteiger partial charge in [0.1, 0.15) is 0 Å². The fourth-order valence-electron chi connectivity index (χ4n) is 1.72. The standard InChI is InChI=1S/C14H28Br/c1-4-5-6-7-8-9-10-11-12-14(15)13(2)3/h13H,4-12H2,1-3H3. The third-order valence-corrected chi connectivity index (χ3v) is 4.21. The molecule has 0 N–H and O–H groups in total. The molecule has 15 heavy (non-hydrogen) atoms. The summed E-state index contributed by atoms with van der Waals surface area (Å²) in [6.07, 6.45) is 12.6. The molecule has 0 atom stereocenters. The summed E-state index contributed by atoms with van der Waals surface area (Å²) in [5.74, 6) is 0.703. The van der Waals surface area contributed by atoms with Crippen molar-refractivity contribution in [1.82, 2.24) is 0 Å². The van der Waals surface area contributed by atoms with E-state index in [0.29, 0.717) is 5.92 Å². The average molecular weight is 276 g/mol. The average Bonchev–Trinajstić information content (AvgIpc) is 2.21. The summed E-state index contributed by atoms with van der Waals surface area (Å²) in [6.45, 7) is 6.79. The van der Waals surface area contributed by atoms with E-state index in [9.17, 15) is 0 Å².